The summed E-state index contributed by atoms with van der Waals surface area (Å²) in [6.07, 6.45) is 0. The van der Waals surface area contributed by atoms with E-state index in [9.17, 15) is 14.4 Å². The molecule has 0 saturated heterocycles. The van der Waals surface area contributed by atoms with E-state index in [-0.39, 0.29) is 12.4 Å². The summed E-state index contributed by atoms with van der Waals surface area (Å²) in [7, 11) is 0. The topological polar surface area (TPSA) is 197 Å². The quantitative estimate of drug-likeness (QED) is 0.115. The van der Waals surface area contributed by atoms with Crippen LogP contribution >= 0.6 is 12.4 Å². The Morgan fingerprint density at radius 3 is 0.885 bits per heavy atom. The van der Waals surface area contributed by atoms with Gasteiger partial charge in [-0.2, -0.15) is 0 Å². The summed E-state index contributed by atoms with van der Waals surface area (Å²) in [5.41, 5.74) is 5.48. The highest BCUT2D eigenvalue weighted by molar-refractivity contribution is 6.06. The predicted molar refractivity (Wildman–Crippen MR) is 209 cm³/mol. The smallest absolute Gasteiger partial charge is 0.323 e. The summed E-state index contributed by atoms with van der Waals surface area (Å²) in [5, 5.41) is 26.5. The zero-order valence-corrected chi connectivity index (χ0v) is 28.7. The second-order valence-corrected chi connectivity index (χ2v) is 11.7. The van der Waals surface area contributed by atoms with Gasteiger partial charge < -0.3 is 47.9 Å². The number of anilines is 6. The molecule has 0 bridgehead atoms. The molecule has 0 unspecified atom stereocenters. The van der Waals surface area contributed by atoms with Gasteiger partial charge in [0.25, 0.3) is 0 Å². The largest absolute Gasteiger partial charge is 0.368 e. The number of carbonyl (C=O) groups is 3. The van der Waals surface area contributed by atoms with Crippen LogP contribution in [0.15, 0.2) is 106 Å². The minimum absolute atomic E-state index is 0. The van der Waals surface area contributed by atoms with Crippen LogP contribution in [0.4, 0.5) is 48.5 Å². The standard InChI is InChI=1S/C36H36N12O3.ClH/c49-34(43-25-7-1-22(2-8-25)31-37-13-14-38-31)46-28-19-29(47-35(50)44-26-9-3-23(4-10-26)32-39-15-16-40-32)21-30(20-28)48-36(51)45-27-11-5-24(6-12-27)33-41-17-18-42-33;/h1-12,19-21H,13-18H2,(H,37,38)(H,39,40)(H,41,42)(H2,43,46,49)(H2,44,47,50)(H2,45,48,51);1H. The fourth-order valence-corrected chi connectivity index (χ4v) is 5.63. The van der Waals surface area contributed by atoms with Crippen molar-refractivity contribution in [3.8, 4) is 0 Å². The number of hydrogen-bond donors (Lipinski definition) is 9. The molecule has 3 aliphatic rings. The third-order valence-electron chi connectivity index (χ3n) is 7.98. The zero-order valence-electron chi connectivity index (χ0n) is 27.9. The molecule has 3 heterocycles. The molecule has 15 nitrogen and oxygen atoms in total. The van der Waals surface area contributed by atoms with Gasteiger partial charge in [0, 0.05) is 70.4 Å². The average Bonchev–Trinajstić information content (AvgIpc) is 3.94. The molecular formula is C36H37ClN12O3. The predicted octanol–water partition coefficient (Wildman–Crippen LogP) is 5.09. The molecule has 9 N–H and O–H groups in total. The molecule has 4 aromatic carbocycles. The van der Waals surface area contributed by atoms with Crippen LogP contribution in [0, 0.1) is 0 Å². The summed E-state index contributed by atoms with van der Waals surface area (Å²) < 4.78 is 0. The van der Waals surface area contributed by atoms with Crippen LogP contribution in [0.25, 0.3) is 0 Å². The van der Waals surface area contributed by atoms with Crippen molar-refractivity contribution >= 4 is 82.1 Å². The third kappa shape index (κ3) is 9.13. The lowest BCUT2D eigenvalue weighted by atomic mass is 10.2. The lowest BCUT2D eigenvalue weighted by Gasteiger charge is -2.15. The van der Waals surface area contributed by atoms with Gasteiger partial charge in [-0.25, -0.2) is 14.4 Å². The SMILES string of the molecule is Cl.O=C(Nc1ccc(C2=NCCN2)cc1)Nc1cc(NC(=O)Nc2ccc(C3=NCCN3)cc2)cc(NC(=O)Nc2ccc(C3=NCCN3)cc2)c1. The Morgan fingerprint density at radius 2 is 0.654 bits per heavy atom. The van der Waals surface area contributed by atoms with Gasteiger partial charge >= 0.3 is 18.1 Å². The van der Waals surface area contributed by atoms with Gasteiger partial charge in [-0.3, -0.25) is 15.0 Å². The van der Waals surface area contributed by atoms with E-state index in [4.69, 9.17) is 0 Å². The molecular weight excluding hydrogens is 684 g/mol. The molecule has 0 aromatic heterocycles. The molecule has 0 radical (unpaired) electrons. The summed E-state index contributed by atoms with van der Waals surface area (Å²) in [4.78, 5) is 52.4. The number of benzene rings is 4. The number of halogens is 1. The fraction of sp³-hybridized carbons (Fsp3) is 0.167. The molecule has 266 valence electrons. The first-order chi connectivity index (χ1) is 24.9. The van der Waals surface area contributed by atoms with E-state index in [0.29, 0.717) is 34.1 Å². The van der Waals surface area contributed by atoms with Crippen LogP contribution in [-0.4, -0.2) is 74.9 Å². The summed E-state index contributed by atoms with van der Waals surface area (Å²) in [6.45, 7) is 4.59. The van der Waals surface area contributed by atoms with E-state index in [2.05, 4.69) is 62.8 Å². The Labute approximate surface area is 305 Å². The van der Waals surface area contributed by atoms with Crippen LogP contribution in [0.3, 0.4) is 0 Å². The van der Waals surface area contributed by atoms with Crippen LogP contribution in [0.5, 0.6) is 0 Å². The highest BCUT2D eigenvalue weighted by atomic mass is 35.5. The Bertz CT molecular complexity index is 1790. The van der Waals surface area contributed by atoms with Crippen molar-refractivity contribution in [2.75, 3.05) is 71.2 Å². The Kier molecular flexibility index (Phi) is 11.1. The zero-order chi connectivity index (χ0) is 35.0. The van der Waals surface area contributed by atoms with Crippen molar-refractivity contribution in [2.45, 2.75) is 0 Å². The first-order valence-corrected chi connectivity index (χ1v) is 16.5. The van der Waals surface area contributed by atoms with E-state index in [0.717, 1.165) is 73.5 Å². The number of nitrogens with one attached hydrogen (secondary N) is 9. The number of rotatable bonds is 9. The number of aliphatic imine (C=N–C) groups is 3. The summed E-state index contributed by atoms with van der Waals surface area (Å²) in [6, 6.07) is 25.1. The van der Waals surface area contributed by atoms with E-state index in [1.165, 1.54) is 0 Å². The Morgan fingerprint density at radius 1 is 0.404 bits per heavy atom. The number of hydrogen-bond acceptors (Lipinski definition) is 9. The van der Waals surface area contributed by atoms with E-state index in [1.54, 1.807) is 54.6 Å². The van der Waals surface area contributed by atoms with E-state index < -0.39 is 18.1 Å². The number of nitrogens with zero attached hydrogens (tertiary/aromatic N) is 3. The van der Waals surface area contributed by atoms with Crippen molar-refractivity contribution < 1.29 is 14.4 Å². The van der Waals surface area contributed by atoms with Crippen molar-refractivity contribution in [1.82, 2.24) is 16.0 Å². The molecule has 6 amide bonds. The second kappa shape index (κ2) is 16.4. The maximum absolute atomic E-state index is 13.0. The molecule has 4 aromatic rings. The van der Waals surface area contributed by atoms with Crippen molar-refractivity contribution in [1.29, 1.82) is 0 Å². The van der Waals surface area contributed by atoms with Crippen LogP contribution in [-0.2, 0) is 0 Å². The monoisotopic (exact) mass is 720 g/mol. The minimum Gasteiger partial charge on any atom is -0.368 e. The highest BCUT2D eigenvalue weighted by Gasteiger charge is 2.14. The van der Waals surface area contributed by atoms with Gasteiger partial charge in [-0.1, -0.05) is 0 Å². The minimum atomic E-state index is -0.515. The molecule has 7 rings (SSSR count). The van der Waals surface area contributed by atoms with E-state index >= 15 is 0 Å². The van der Waals surface area contributed by atoms with Gasteiger partial charge in [0.1, 0.15) is 17.5 Å². The fourth-order valence-electron chi connectivity index (χ4n) is 5.63. The number of amides is 6. The van der Waals surface area contributed by atoms with Crippen LogP contribution < -0.4 is 47.9 Å². The molecule has 0 atom stereocenters. The number of amidine groups is 3. The maximum Gasteiger partial charge on any atom is 0.323 e. The Hall–Kier alpha value is -6.61. The van der Waals surface area contributed by atoms with Gasteiger partial charge in [-0.15, -0.1) is 12.4 Å². The maximum atomic E-state index is 13.0. The van der Waals surface area contributed by atoms with Crippen LogP contribution in [0.1, 0.15) is 16.7 Å². The van der Waals surface area contributed by atoms with Crippen LogP contribution in [0.2, 0.25) is 0 Å². The number of carbonyl (C=O) groups excluding carboxylic acids is 3. The molecule has 0 saturated carbocycles. The molecule has 16 heteroatoms. The molecule has 0 spiro atoms. The first kappa shape index (κ1) is 35.2. The molecule has 0 aliphatic carbocycles. The van der Waals surface area contributed by atoms with Gasteiger partial charge in [0.2, 0.25) is 0 Å². The lowest BCUT2D eigenvalue weighted by Crippen LogP contribution is -2.23. The summed E-state index contributed by atoms with van der Waals surface area (Å²) in [5.74, 6) is 2.47. The van der Waals surface area contributed by atoms with Gasteiger partial charge in [-0.05, 0) is 91.0 Å². The van der Waals surface area contributed by atoms with Crippen molar-refractivity contribution in [3.63, 3.8) is 0 Å². The number of urea groups is 3. The molecule has 0 fully saturated rings. The van der Waals surface area contributed by atoms with E-state index in [1.807, 2.05) is 36.4 Å². The normalized spacial score (nSPS) is 14.2. The van der Waals surface area contributed by atoms with Crippen molar-refractivity contribution in [2.24, 2.45) is 15.0 Å². The highest BCUT2D eigenvalue weighted by Crippen LogP contribution is 2.24. The molecule has 3 aliphatic heterocycles. The average molecular weight is 721 g/mol. The lowest BCUT2D eigenvalue weighted by molar-refractivity contribution is 0.261. The van der Waals surface area contributed by atoms with Gasteiger partial charge in [0.05, 0.1) is 19.6 Å². The molecule has 52 heavy (non-hydrogen) atoms. The third-order valence-corrected chi connectivity index (χ3v) is 7.98. The second-order valence-electron chi connectivity index (χ2n) is 11.7. The van der Waals surface area contributed by atoms with Gasteiger partial charge in [0.15, 0.2) is 0 Å². The van der Waals surface area contributed by atoms with Crippen molar-refractivity contribution in [3.05, 3.63) is 108 Å². The summed E-state index contributed by atoms with van der Waals surface area (Å²) >= 11 is 0. The first-order valence-electron chi connectivity index (χ1n) is 16.5. The Balaban J connectivity index is 0.00000464.